The summed E-state index contributed by atoms with van der Waals surface area (Å²) in [6.45, 7) is 0. The molecule has 1 rings (SSSR count). The van der Waals surface area contributed by atoms with Gasteiger partial charge in [-0.3, -0.25) is 4.57 Å². The van der Waals surface area contributed by atoms with Gasteiger partial charge in [0.25, 0.3) is 0 Å². The van der Waals surface area contributed by atoms with Gasteiger partial charge in [-0.25, -0.2) is 13.2 Å². The van der Waals surface area contributed by atoms with Crippen molar-refractivity contribution in [3.05, 3.63) is 23.8 Å². The van der Waals surface area contributed by atoms with Crippen LogP contribution in [-0.2, 0) is 14.6 Å². The molecule has 0 heterocycles. The number of hydrogen-bond donors (Lipinski definition) is 4. The highest BCUT2D eigenvalue weighted by Gasteiger charge is 2.28. The van der Waals surface area contributed by atoms with Crippen molar-refractivity contribution in [1.82, 2.24) is 4.31 Å². The van der Waals surface area contributed by atoms with E-state index in [1.807, 2.05) is 0 Å². The van der Waals surface area contributed by atoms with Gasteiger partial charge >= 0.3 is 13.6 Å². The van der Waals surface area contributed by atoms with Crippen LogP contribution in [0, 0.1) is 0 Å². The maximum Gasteiger partial charge on any atom is 0.340 e. The normalized spacial score (nSPS) is 12.6. The van der Waals surface area contributed by atoms with E-state index in [9.17, 15) is 17.8 Å². The first-order valence-electron chi connectivity index (χ1n) is 5.09. The van der Waals surface area contributed by atoms with Crippen LogP contribution < -0.4 is 5.73 Å². The summed E-state index contributed by atoms with van der Waals surface area (Å²) < 4.78 is 35.4. The Morgan fingerprint density at radius 1 is 1.40 bits per heavy atom. The molecule has 1 aromatic rings. The number of carboxylic acid groups (broad SMARTS) is 1. The number of rotatable bonds is 5. The number of nitrogens with two attached hydrogens (primary N) is 1. The average molecular weight is 324 g/mol. The van der Waals surface area contributed by atoms with Crippen molar-refractivity contribution in [2.75, 3.05) is 19.1 Å². The van der Waals surface area contributed by atoms with E-state index in [-0.39, 0.29) is 5.69 Å². The number of carbonyl (C=O) groups is 1. The molecule has 0 bridgehead atoms. The second kappa shape index (κ2) is 5.51. The minimum atomic E-state index is -4.57. The van der Waals surface area contributed by atoms with Crippen molar-refractivity contribution in [2.45, 2.75) is 4.90 Å². The highest BCUT2D eigenvalue weighted by molar-refractivity contribution is 7.89. The van der Waals surface area contributed by atoms with Crippen LogP contribution in [0.1, 0.15) is 10.4 Å². The molecule has 0 radical (unpaired) electrons. The molecule has 0 saturated carbocycles. The molecule has 0 unspecified atom stereocenters. The lowest BCUT2D eigenvalue weighted by atomic mass is 10.2. The lowest BCUT2D eigenvalue weighted by Gasteiger charge is -2.18. The van der Waals surface area contributed by atoms with Gasteiger partial charge < -0.3 is 20.6 Å². The van der Waals surface area contributed by atoms with Gasteiger partial charge in [-0.1, -0.05) is 0 Å². The Morgan fingerprint density at radius 2 is 1.95 bits per heavy atom. The van der Waals surface area contributed by atoms with Gasteiger partial charge in [0.1, 0.15) is 6.29 Å². The Morgan fingerprint density at radius 3 is 2.40 bits per heavy atom. The average Bonchev–Trinajstić information content (AvgIpc) is 2.26. The van der Waals surface area contributed by atoms with Crippen molar-refractivity contribution in [1.29, 1.82) is 0 Å². The number of anilines is 1. The van der Waals surface area contributed by atoms with E-state index in [4.69, 9.17) is 20.6 Å². The summed E-state index contributed by atoms with van der Waals surface area (Å²) in [6.07, 6.45) is -1.01. The van der Waals surface area contributed by atoms with Gasteiger partial charge in [0.2, 0.25) is 10.0 Å². The molecule has 20 heavy (non-hydrogen) atoms. The highest BCUT2D eigenvalue weighted by Crippen LogP contribution is 2.36. The van der Waals surface area contributed by atoms with E-state index in [0.717, 1.165) is 25.2 Å². The monoisotopic (exact) mass is 324 g/mol. The van der Waals surface area contributed by atoms with Gasteiger partial charge in [0.15, 0.2) is 0 Å². The van der Waals surface area contributed by atoms with Gasteiger partial charge in [-0.05, 0) is 18.2 Å². The van der Waals surface area contributed by atoms with E-state index in [1.165, 1.54) is 0 Å². The number of nitrogen functional groups attached to an aromatic ring is 1. The predicted molar refractivity (Wildman–Crippen MR) is 69.7 cm³/mol. The lowest BCUT2D eigenvalue weighted by Crippen LogP contribution is -2.28. The van der Waals surface area contributed by atoms with Gasteiger partial charge in [-0.2, -0.15) is 4.31 Å². The fourth-order valence-corrected chi connectivity index (χ4v) is 3.84. The summed E-state index contributed by atoms with van der Waals surface area (Å²) in [5.41, 5.74) is 4.87. The van der Waals surface area contributed by atoms with Crippen LogP contribution in [0.15, 0.2) is 23.1 Å². The second-order valence-corrected chi connectivity index (χ2v) is 7.62. The van der Waals surface area contributed by atoms with Crippen molar-refractivity contribution in [3.8, 4) is 0 Å². The zero-order valence-electron chi connectivity index (χ0n) is 10.3. The van der Waals surface area contributed by atoms with Crippen molar-refractivity contribution >= 4 is 29.3 Å². The van der Waals surface area contributed by atoms with E-state index >= 15 is 0 Å². The topological polar surface area (TPSA) is 158 Å². The molecule has 5 N–H and O–H groups in total. The number of aromatic carboxylic acids is 1. The summed E-state index contributed by atoms with van der Waals surface area (Å²) in [6, 6.07) is 3.00. The molecule has 1 aromatic carbocycles. The quantitative estimate of drug-likeness (QED) is 0.425. The molecule has 0 spiro atoms. The fraction of sp³-hybridized carbons (Fsp3) is 0.222. The van der Waals surface area contributed by atoms with Crippen molar-refractivity contribution in [3.63, 3.8) is 0 Å². The van der Waals surface area contributed by atoms with Gasteiger partial charge in [-0.15, -0.1) is 0 Å². The van der Waals surface area contributed by atoms with Crippen LogP contribution in [0.5, 0.6) is 0 Å². The molecule has 112 valence electrons. The Balaban J connectivity index is 3.26. The highest BCUT2D eigenvalue weighted by atomic mass is 32.2. The predicted octanol–water partition coefficient (Wildman–Crippen LogP) is -0.277. The number of sulfonamides is 1. The number of nitrogens with zero attached hydrogens (tertiary/aromatic N) is 1. The van der Waals surface area contributed by atoms with E-state index in [0.29, 0.717) is 4.31 Å². The van der Waals surface area contributed by atoms with Crippen LogP contribution in [0.2, 0.25) is 0 Å². The third-order valence-electron chi connectivity index (χ3n) is 2.35. The Labute approximate surface area is 114 Å². The molecule has 0 aliphatic rings. The molecule has 0 aliphatic heterocycles. The third kappa shape index (κ3) is 3.78. The van der Waals surface area contributed by atoms with Gasteiger partial charge in [0, 0.05) is 12.7 Å². The summed E-state index contributed by atoms with van der Waals surface area (Å²) in [5, 5.41) is 8.87. The molecule has 9 nitrogen and oxygen atoms in total. The summed E-state index contributed by atoms with van der Waals surface area (Å²) in [5.74, 6) is -1.41. The molecule has 0 saturated heterocycles. The van der Waals surface area contributed by atoms with Crippen LogP contribution in [0.3, 0.4) is 0 Å². The van der Waals surface area contributed by atoms with Crippen LogP contribution >= 0.6 is 7.60 Å². The Hall–Kier alpha value is -1.45. The van der Waals surface area contributed by atoms with Crippen molar-refractivity contribution in [2.24, 2.45) is 0 Å². The molecule has 11 heteroatoms. The first kappa shape index (κ1) is 16.6. The van der Waals surface area contributed by atoms with Crippen LogP contribution in [0.4, 0.5) is 5.69 Å². The minimum absolute atomic E-state index is 0.117. The molecule has 0 amide bonds. The third-order valence-corrected chi connectivity index (χ3v) is 5.13. The molecular weight excluding hydrogens is 311 g/mol. The lowest BCUT2D eigenvalue weighted by molar-refractivity contribution is 0.0697. The molecular formula is C9H13N2O7PS. The first-order chi connectivity index (χ1) is 8.95. The van der Waals surface area contributed by atoms with Crippen LogP contribution in [-0.4, -0.2) is 46.9 Å². The molecule has 0 atom stereocenters. The zero-order chi connectivity index (χ0) is 15.7. The summed E-state index contributed by atoms with van der Waals surface area (Å²) >= 11 is 0. The number of benzene rings is 1. The van der Waals surface area contributed by atoms with Gasteiger partial charge in [0.05, 0.1) is 10.5 Å². The summed E-state index contributed by atoms with van der Waals surface area (Å²) in [7, 11) is -7.82. The molecule has 0 aliphatic carbocycles. The van der Waals surface area contributed by atoms with E-state index < -0.39 is 40.3 Å². The van der Waals surface area contributed by atoms with E-state index in [2.05, 4.69) is 0 Å². The molecule has 0 fully saturated rings. The van der Waals surface area contributed by atoms with Crippen LogP contribution in [0.25, 0.3) is 0 Å². The Bertz CT molecular complexity index is 682. The standard InChI is InChI=1S/C9H13N2O7PS/c1-11(5-19(14,15)16)20(17,18)6-2-3-8(10)7(4-6)9(12)13/h2-4H,5,10H2,1H3,(H,12,13)(H2,14,15,16). The fourth-order valence-electron chi connectivity index (χ4n) is 1.40. The SMILES string of the molecule is CN(CP(=O)(O)O)S(=O)(=O)c1ccc(N)c(C(=O)O)c1. The molecule has 0 aromatic heterocycles. The minimum Gasteiger partial charge on any atom is -0.478 e. The number of hydrogen-bond acceptors (Lipinski definition) is 5. The largest absolute Gasteiger partial charge is 0.478 e. The maximum atomic E-state index is 12.0. The Kier molecular flexibility index (Phi) is 4.57. The first-order valence-corrected chi connectivity index (χ1v) is 8.32. The maximum absolute atomic E-state index is 12.0. The van der Waals surface area contributed by atoms with E-state index in [1.54, 1.807) is 0 Å². The second-order valence-electron chi connectivity index (χ2n) is 3.96. The zero-order valence-corrected chi connectivity index (χ0v) is 12.0. The van der Waals surface area contributed by atoms with Crippen molar-refractivity contribution < 1.29 is 32.7 Å². The summed E-state index contributed by atoms with van der Waals surface area (Å²) in [4.78, 5) is 28.0. The number of carboxylic acids is 1. The smallest absolute Gasteiger partial charge is 0.340 e.